The van der Waals surface area contributed by atoms with E-state index in [0.29, 0.717) is 11.3 Å². The summed E-state index contributed by atoms with van der Waals surface area (Å²) < 4.78 is 15.7. The summed E-state index contributed by atoms with van der Waals surface area (Å²) in [7, 11) is 0. The highest BCUT2D eigenvalue weighted by molar-refractivity contribution is 5.83. The number of hydrogen-bond donors (Lipinski definition) is 2. The molecule has 0 saturated carbocycles. The van der Waals surface area contributed by atoms with Crippen LogP contribution in [0.4, 0.5) is 10.2 Å². The van der Waals surface area contributed by atoms with Crippen LogP contribution in [0.2, 0.25) is 0 Å². The van der Waals surface area contributed by atoms with Crippen LogP contribution in [0.5, 0.6) is 0 Å². The molecule has 4 heterocycles. The average Bonchev–Trinajstić information content (AvgIpc) is 3.34. The van der Waals surface area contributed by atoms with Gasteiger partial charge in [0.25, 0.3) is 0 Å². The summed E-state index contributed by atoms with van der Waals surface area (Å²) in [4.78, 5) is 12.2. The van der Waals surface area contributed by atoms with Crippen molar-refractivity contribution in [3.63, 3.8) is 0 Å². The van der Waals surface area contributed by atoms with Gasteiger partial charge in [0.2, 0.25) is 0 Å². The van der Waals surface area contributed by atoms with E-state index >= 15 is 0 Å². The van der Waals surface area contributed by atoms with Crippen molar-refractivity contribution in [1.29, 1.82) is 0 Å². The van der Waals surface area contributed by atoms with Crippen molar-refractivity contribution in [3.8, 4) is 11.3 Å². The van der Waals surface area contributed by atoms with Crippen molar-refractivity contribution in [2.75, 3.05) is 11.9 Å². The van der Waals surface area contributed by atoms with Gasteiger partial charge in [-0.1, -0.05) is 32.0 Å². The number of para-hydroxylation sites is 1. The Hall–Kier alpha value is -3.74. The second kappa shape index (κ2) is 8.07. The number of benzene rings is 1. The fraction of sp³-hybridized carbons (Fsp3) is 0.240. The SMILES string of the molecule is Cc1nn2c(NCCc3c[nH]c4ccccc34)cc(-c3cncc(F)c3)nc2c1C(C)C. The van der Waals surface area contributed by atoms with Crippen molar-refractivity contribution in [2.24, 2.45) is 0 Å². The summed E-state index contributed by atoms with van der Waals surface area (Å²) in [5.41, 5.74) is 6.53. The standard InChI is InChI=1S/C25H25FN6/c1-15(2)24-16(3)31-32-23(11-22(30-25(24)32)18-10-19(26)14-27-12-18)28-9-8-17-13-29-21-7-5-4-6-20(17)21/h4-7,10-15,28-29H,8-9H2,1-3H3. The van der Waals surface area contributed by atoms with Crippen molar-refractivity contribution < 1.29 is 4.39 Å². The Morgan fingerprint density at radius 2 is 2.00 bits per heavy atom. The number of halogens is 1. The van der Waals surface area contributed by atoms with Crippen LogP contribution in [0.3, 0.4) is 0 Å². The molecule has 0 bridgehead atoms. The molecule has 0 aliphatic heterocycles. The van der Waals surface area contributed by atoms with E-state index in [1.807, 2.05) is 23.6 Å². The highest BCUT2D eigenvalue weighted by Gasteiger charge is 2.18. The summed E-state index contributed by atoms with van der Waals surface area (Å²) in [6, 6.07) is 11.7. The maximum atomic E-state index is 13.8. The van der Waals surface area contributed by atoms with Crippen LogP contribution >= 0.6 is 0 Å². The van der Waals surface area contributed by atoms with Crippen LogP contribution in [0.1, 0.15) is 36.6 Å². The summed E-state index contributed by atoms with van der Waals surface area (Å²) in [6.07, 6.45) is 5.75. The third-order valence-electron chi connectivity index (χ3n) is 5.76. The van der Waals surface area contributed by atoms with Crippen LogP contribution in [-0.2, 0) is 6.42 Å². The molecule has 0 unspecified atom stereocenters. The Morgan fingerprint density at radius 1 is 1.16 bits per heavy atom. The zero-order valence-electron chi connectivity index (χ0n) is 18.4. The number of hydrogen-bond acceptors (Lipinski definition) is 4. The minimum atomic E-state index is -0.383. The van der Waals surface area contributed by atoms with Crippen molar-refractivity contribution >= 4 is 22.4 Å². The maximum absolute atomic E-state index is 13.8. The van der Waals surface area contributed by atoms with E-state index in [2.05, 4.69) is 53.5 Å². The number of aromatic nitrogens is 5. The highest BCUT2D eigenvalue weighted by atomic mass is 19.1. The van der Waals surface area contributed by atoms with Gasteiger partial charge in [-0.05, 0) is 37.0 Å². The van der Waals surface area contributed by atoms with E-state index in [1.165, 1.54) is 23.2 Å². The van der Waals surface area contributed by atoms with Gasteiger partial charge in [-0.2, -0.15) is 9.61 Å². The van der Waals surface area contributed by atoms with Gasteiger partial charge in [0, 0.05) is 47.0 Å². The molecule has 162 valence electrons. The van der Waals surface area contributed by atoms with E-state index < -0.39 is 0 Å². The van der Waals surface area contributed by atoms with Crippen molar-refractivity contribution in [2.45, 2.75) is 33.1 Å². The Morgan fingerprint density at radius 3 is 2.81 bits per heavy atom. The smallest absolute Gasteiger partial charge is 0.161 e. The molecule has 0 spiro atoms. The number of fused-ring (bicyclic) bond motifs is 2. The van der Waals surface area contributed by atoms with E-state index in [0.717, 1.165) is 41.2 Å². The molecule has 0 atom stereocenters. The molecule has 0 radical (unpaired) electrons. The van der Waals surface area contributed by atoms with E-state index in [9.17, 15) is 4.39 Å². The first-order valence-corrected chi connectivity index (χ1v) is 10.8. The topological polar surface area (TPSA) is 70.9 Å². The van der Waals surface area contributed by atoms with Gasteiger partial charge < -0.3 is 10.3 Å². The fourth-order valence-corrected chi connectivity index (χ4v) is 4.31. The molecule has 0 saturated heterocycles. The van der Waals surface area contributed by atoms with Crippen LogP contribution < -0.4 is 5.32 Å². The fourth-order valence-electron chi connectivity index (χ4n) is 4.31. The lowest BCUT2D eigenvalue weighted by molar-refractivity contribution is 0.622. The van der Waals surface area contributed by atoms with Crippen LogP contribution in [-0.4, -0.2) is 31.1 Å². The summed E-state index contributed by atoms with van der Waals surface area (Å²) >= 11 is 0. The molecule has 0 aliphatic carbocycles. The quantitative estimate of drug-likeness (QED) is 0.375. The molecule has 5 rings (SSSR count). The lowest BCUT2D eigenvalue weighted by Gasteiger charge is -2.12. The zero-order valence-corrected chi connectivity index (χ0v) is 18.4. The Labute approximate surface area is 185 Å². The molecule has 32 heavy (non-hydrogen) atoms. The molecular formula is C25H25FN6. The van der Waals surface area contributed by atoms with E-state index in [4.69, 9.17) is 10.1 Å². The minimum absolute atomic E-state index is 0.264. The maximum Gasteiger partial charge on any atom is 0.161 e. The molecule has 0 aliphatic rings. The number of nitrogens with zero attached hydrogens (tertiary/aromatic N) is 4. The van der Waals surface area contributed by atoms with Crippen LogP contribution in [0.15, 0.2) is 55.0 Å². The molecular weight excluding hydrogens is 403 g/mol. The third kappa shape index (κ3) is 3.60. The molecule has 0 amide bonds. The predicted molar refractivity (Wildman–Crippen MR) is 125 cm³/mol. The van der Waals surface area contributed by atoms with Crippen LogP contribution in [0, 0.1) is 12.7 Å². The largest absolute Gasteiger partial charge is 0.370 e. The molecule has 7 heteroatoms. The monoisotopic (exact) mass is 428 g/mol. The lowest BCUT2D eigenvalue weighted by Crippen LogP contribution is -2.10. The molecule has 6 nitrogen and oxygen atoms in total. The normalized spacial score (nSPS) is 11.7. The third-order valence-corrected chi connectivity index (χ3v) is 5.76. The van der Waals surface area contributed by atoms with Crippen molar-refractivity contribution in [1.82, 2.24) is 24.6 Å². The van der Waals surface area contributed by atoms with Gasteiger partial charge in [0.15, 0.2) is 5.65 Å². The first-order chi connectivity index (χ1) is 15.5. The van der Waals surface area contributed by atoms with E-state index in [1.54, 1.807) is 6.20 Å². The van der Waals surface area contributed by atoms with E-state index in [-0.39, 0.29) is 11.7 Å². The summed E-state index contributed by atoms with van der Waals surface area (Å²) in [5.74, 6) is 0.704. The van der Waals surface area contributed by atoms with Gasteiger partial charge >= 0.3 is 0 Å². The van der Waals surface area contributed by atoms with Gasteiger partial charge in [0.1, 0.15) is 11.6 Å². The molecule has 5 aromatic rings. The van der Waals surface area contributed by atoms with Gasteiger partial charge in [-0.15, -0.1) is 0 Å². The molecule has 4 aromatic heterocycles. The second-order valence-corrected chi connectivity index (χ2v) is 8.34. The number of H-pyrrole nitrogens is 1. The van der Waals surface area contributed by atoms with Gasteiger partial charge in [0.05, 0.1) is 17.6 Å². The average molecular weight is 429 g/mol. The molecule has 0 fully saturated rings. The van der Waals surface area contributed by atoms with Gasteiger partial charge in [-0.25, -0.2) is 9.37 Å². The zero-order chi connectivity index (χ0) is 22.2. The Kier molecular flexibility index (Phi) is 5.09. The lowest BCUT2D eigenvalue weighted by atomic mass is 10.0. The Balaban J connectivity index is 1.52. The number of nitrogens with one attached hydrogen (secondary N) is 2. The van der Waals surface area contributed by atoms with Crippen molar-refractivity contribution in [3.05, 3.63) is 77.6 Å². The second-order valence-electron chi connectivity index (χ2n) is 8.34. The van der Waals surface area contributed by atoms with Gasteiger partial charge in [-0.3, -0.25) is 4.98 Å². The number of anilines is 1. The summed E-state index contributed by atoms with van der Waals surface area (Å²) in [6.45, 7) is 6.99. The minimum Gasteiger partial charge on any atom is -0.370 e. The summed E-state index contributed by atoms with van der Waals surface area (Å²) in [5, 5.41) is 9.51. The first kappa shape index (κ1) is 20.2. The molecule has 2 N–H and O–H groups in total. The predicted octanol–water partition coefficient (Wildman–Crippen LogP) is 5.50. The number of aromatic amines is 1. The number of aryl methyl sites for hydroxylation is 1. The van der Waals surface area contributed by atoms with Crippen LogP contribution in [0.25, 0.3) is 27.8 Å². The molecule has 1 aromatic carbocycles. The number of rotatable bonds is 6. The number of pyridine rings is 1. The first-order valence-electron chi connectivity index (χ1n) is 10.8. The Bertz CT molecular complexity index is 1420. The highest BCUT2D eigenvalue weighted by Crippen LogP contribution is 2.29.